The van der Waals surface area contributed by atoms with E-state index in [1.54, 1.807) is 17.4 Å². The van der Waals surface area contributed by atoms with E-state index >= 15 is 0 Å². The van der Waals surface area contributed by atoms with Gasteiger partial charge in [0.1, 0.15) is 5.82 Å². The van der Waals surface area contributed by atoms with Gasteiger partial charge in [0.25, 0.3) is 0 Å². The SMILES string of the molecule is CCc1ccc(C(O)Cc2cccc(F)c2)s1. The van der Waals surface area contributed by atoms with Gasteiger partial charge in [0.05, 0.1) is 6.10 Å². The lowest BCUT2D eigenvalue weighted by Crippen LogP contribution is -1.99. The summed E-state index contributed by atoms with van der Waals surface area (Å²) >= 11 is 1.62. The molecule has 2 rings (SSSR count). The maximum Gasteiger partial charge on any atom is 0.123 e. The number of rotatable bonds is 4. The molecule has 0 amide bonds. The van der Waals surface area contributed by atoms with Crippen molar-refractivity contribution < 1.29 is 9.50 Å². The summed E-state index contributed by atoms with van der Waals surface area (Å²) in [6.07, 6.45) is 0.904. The Morgan fingerprint density at radius 1 is 1.29 bits per heavy atom. The third-order valence-corrected chi connectivity index (χ3v) is 4.01. The van der Waals surface area contributed by atoms with Crippen LogP contribution in [0.4, 0.5) is 4.39 Å². The standard InChI is InChI=1S/C14H15FOS/c1-2-12-6-7-14(17-12)13(16)9-10-4-3-5-11(15)8-10/h3-8,13,16H,2,9H2,1H3. The van der Waals surface area contributed by atoms with Gasteiger partial charge in [0, 0.05) is 16.2 Å². The van der Waals surface area contributed by atoms with Gasteiger partial charge in [-0.15, -0.1) is 11.3 Å². The van der Waals surface area contributed by atoms with E-state index in [0.29, 0.717) is 6.42 Å². The third-order valence-electron chi connectivity index (χ3n) is 2.68. The number of aliphatic hydroxyl groups is 1. The zero-order valence-electron chi connectivity index (χ0n) is 9.69. The first-order valence-corrected chi connectivity index (χ1v) is 6.52. The van der Waals surface area contributed by atoms with Gasteiger partial charge in [-0.3, -0.25) is 0 Å². The monoisotopic (exact) mass is 250 g/mol. The van der Waals surface area contributed by atoms with Crippen molar-refractivity contribution in [3.63, 3.8) is 0 Å². The van der Waals surface area contributed by atoms with Crippen LogP contribution in [-0.2, 0) is 12.8 Å². The molecule has 0 aliphatic heterocycles. The topological polar surface area (TPSA) is 20.2 Å². The molecule has 1 atom stereocenters. The third kappa shape index (κ3) is 3.14. The smallest absolute Gasteiger partial charge is 0.123 e. The molecular weight excluding hydrogens is 235 g/mol. The van der Waals surface area contributed by atoms with Crippen molar-refractivity contribution in [2.24, 2.45) is 0 Å². The highest BCUT2D eigenvalue weighted by atomic mass is 32.1. The lowest BCUT2D eigenvalue weighted by Gasteiger charge is -2.08. The van der Waals surface area contributed by atoms with Gasteiger partial charge in [-0.2, -0.15) is 0 Å². The molecule has 1 N–H and O–H groups in total. The second-order valence-corrected chi connectivity index (χ2v) is 5.21. The summed E-state index contributed by atoms with van der Waals surface area (Å²) in [5.41, 5.74) is 0.823. The Hall–Kier alpha value is -1.19. The van der Waals surface area contributed by atoms with E-state index in [9.17, 15) is 9.50 Å². The number of hydrogen-bond acceptors (Lipinski definition) is 2. The van der Waals surface area contributed by atoms with Crippen LogP contribution in [0.3, 0.4) is 0 Å². The Bertz CT molecular complexity index is 492. The molecule has 3 heteroatoms. The predicted octanol–water partition coefficient (Wildman–Crippen LogP) is 3.73. The number of aryl methyl sites for hydroxylation is 1. The molecule has 1 unspecified atom stereocenters. The minimum atomic E-state index is -0.540. The lowest BCUT2D eigenvalue weighted by molar-refractivity contribution is 0.182. The summed E-state index contributed by atoms with van der Waals surface area (Å²) in [5, 5.41) is 10.1. The van der Waals surface area contributed by atoms with E-state index in [-0.39, 0.29) is 5.82 Å². The van der Waals surface area contributed by atoms with Crippen molar-refractivity contribution in [2.45, 2.75) is 25.9 Å². The summed E-state index contributed by atoms with van der Waals surface area (Å²) in [7, 11) is 0. The summed E-state index contributed by atoms with van der Waals surface area (Å²) < 4.78 is 13.0. The van der Waals surface area contributed by atoms with Crippen LogP contribution in [0, 0.1) is 5.82 Å². The predicted molar refractivity (Wildman–Crippen MR) is 68.8 cm³/mol. The second kappa shape index (κ2) is 5.43. The molecular formula is C14H15FOS. The molecule has 0 saturated carbocycles. The van der Waals surface area contributed by atoms with E-state index in [0.717, 1.165) is 16.9 Å². The van der Waals surface area contributed by atoms with Gasteiger partial charge in [-0.1, -0.05) is 19.1 Å². The summed E-state index contributed by atoms with van der Waals surface area (Å²) in [6, 6.07) is 10.4. The molecule has 90 valence electrons. The van der Waals surface area contributed by atoms with Crippen molar-refractivity contribution >= 4 is 11.3 Å². The molecule has 1 nitrogen and oxygen atoms in total. The summed E-state index contributed by atoms with van der Waals surface area (Å²) in [5.74, 6) is -0.255. The fraction of sp³-hybridized carbons (Fsp3) is 0.286. The molecule has 0 fully saturated rings. The van der Waals surface area contributed by atoms with E-state index in [1.165, 1.54) is 17.0 Å². The lowest BCUT2D eigenvalue weighted by atomic mass is 10.1. The average molecular weight is 250 g/mol. The molecule has 1 heterocycles. The number of aliphatic hydroxyl groups excluding tert-OH is 1. The van der Waals surface area contributed by atoms with Crippen molar-refractivity contribution in [3.8, 4) is 0 Å². The van der Waals surface area contributed by atoms with E-state index in [1.807, 2.05) is 18.2 Å². The second-order valence-electron chi connectivity index (χ2n) is 4.01. The zero-order valence-corrected chi connectivity index (χ0v) is 10.5. The molecule has 0 radical (unpaired) electrons. The average Bonchev–Trinajstić information content (AvgIpc) is 2.77. The number of hydrogen-bond donors (Lipinski definition) is 1. The molecule has 0 saturated heterocycles. The fourth-order valence-corrected chi connectivity index (χ4v) is 2.69. The highest BCUT2D eigenvalue weighted by molar-refractivity contribution is 7.12. The van der Waals surface area contributed by atoms with Crippen LogP contribution < -0.4 is 0 Å². The van der Waals surface area contributed by atoms with Crippen molar-refractivity contribution in [2.75, 3.05) is 0 Å². The van der Waals surface area contributed by atoms with Gasteiger partial charge < -0.3 is 5.11 Å². The first-order chi connectivity index (χ1) is 8.19. The van der Waals surface area contributed by atoms with Crippen LogP contribution in [0.25, 0.3) is 0 Å². The van der Waals surface area contributed by atoms with Gasteiger partial charge in [-0.05, 0) is 36.2 Å². The minimum absolute atomic E-state index is 0.255. The Labute approximate surface area is 105 Å². The largest absolute Gasteiger partial charge is 0.387 e. The van der Waals surface area contributed by atoms with E-state index in [2.05, 4.69) is 6.92 Å². The first-order valence-electron chi connectivity index (χ1n) is 5.70. The summed E-state index contributed by atoms with van der Waals surface area (Å²) in [6.45, 7) is 2.09. The minimum Gasteiger partial charge on any atom is -0.387 e. The molecule has 1 aromatic heterocycles. The van der Waals surface area contributed by atoms with Gasteiger partial charge in [-0.25, -0.2) is 4.39 Å². The van der Waals surface area contributed by atoms with E-state index < -0.39 is 6.10 Å². The first kappa shape index (κ1) is 12.3. The number of benzene rings is 1. The van der Waals surface area contributed by atoms with Gasteiger partial charge in [0.15, 0.2) is 0 Å². The van der Waals surface area contributed by atoms with Crippen LogP contribution in [-0.4, -0.2) is 5.11 Å². The maximum atomic E-state index is 13.0. The Morgan fingerprint density at radius 2 is 2.12 bits per heavy atom. The Balaban J connectivity index is 2.08. The molecule has 17 heavy (non-hydrogen) atoms. The Kier molecular flexibility index (Phi) is 3.92. The van der Waals surface area contributed by atoms with Crippen molar-refractivity contribution in [1.82, 2.24) is 0 Å². The van der Waals surface area contributed by atoms with E-state index in [4.69, 9.17) is 0 Å². The fourth-order valence-electron chi connectivity index (χ4n) is 1.75. The van der Waals surface area contributed by atoms with Crippen LogP contribution in [0.1, 0.15) is 28.3 Å². The van der Waals surface area contributed by atoms with Crippen molar-refractivity contribution in [3.05, 3.63) is 57.5 Å². The van der Waals surface area contributed by atoms with Crippen LogP contribution in [0.15, 0.2) is 36.4 Å². The quantitative estimate of drug-likeness (QED) is 0.876. The number of halogens is 1. The van der Waals surface area contributed by atoms with Crippen LogP contribution >= 0.6 is 11.3 Å². The Morgan fingerprint density at radius 3 is 2.76 bits per heavy atom. The molecule has 0 bridgehead atoms. The highest BCUT2D eigenvalue weighted by Crippen LogP contribution is 2.26. The van der Waals surface area contributed by atoms with Crippen LogP contribution in [0.2, 0.25) is 0 Å². The van der Waals surface area contributed by atoms with Gasteiger partial charge >= 0.3 is 0 Å². The molecule has 0 spiro atoms. The van der Waals surface area contributed by atoms with Crippen molar-refractivity contribution in [1.29, 1.82) is 0 Å². The van der Waals surface area contributed by atoms with Crippen LogP contribution in [0.5, 0.6) is 0 Å². The zero-order chi connectivity index (χ0) is 12.3. The normalized spacial score (nSPS) is 12.6. The molecule has 1 aromatic carbocycles. The highest BCUT2D eigenvalue weighted by Gasteiger charge is 2.11. The maximum absolute atomic E-state index is 13.0. The molecule has 0 aliphatic rings. The number of thiophene rings is 1. The summed E-state index contributed by atoms with van der Waals surface area (Å²) in [4.78, 5) is 2.21. The molecule has 2 aromatic rings. The molecule has 0 aliphatic carbocycles. The van der Waals surface area contributed by atoms with Gasteiger partial charge in [0.2, 0.25) is 0 Å².